The van der Waals surface area contributed by atoms with Crippen molar-refractivity contribution in [1.82, 2.24) is 5.32 Å². The van der Waals surface area contributed by atoms with Gasteiger partial charge in [0.1, 0.15) is 5.75 Å². The number of aryl methyl sites for hydroxylation is 3. The predicted molar refractivity (Wildman–Crippen MR) is 101 cm³/mol. The molecule has 132 valence electrons. The minimum absolute atomic E-state index is 0.00852. The summed E-state index contributed by atoms with van der Waals surface area (Å²) in [6.07, 6.45) is 5.89. The number of carbonyl (C=O) groups is 1. The number of hydrogen-bond acceptors (Lipinski definition) is 2. The number of ether oxygens (including phenoxy) is 1. The number of benzene rings is 2. The molecule has 0 heterocycles. The molecule has 0 unspecified atom stereocenters. The Bertz CT molecular complexity index is 721. The first kappa shape index (κ1) is 17.5. The molecule has 0 saturated carbocycles. The van der Waals surface area contributed by atoms with Gasteiger partial charge in [0.05, 0.1) is 6.04 Å². The topological polar surface area (TPSA) is 38.3 Å². The van der Waals surface area contributed by atoms with Crippen LogP contribution in [0.3, 0.4) is 0 Å². The zero-order valence-corrected chi connectivity index (χ0v) is 15.2. The van der Waals surface area contributed by atoms with Crippen LogP contribution < -0.4 is 10.1 Å². The molecule has 25 heavy (non-hydrogen) atoms. The zero-order chi connectivity index (χ0) is 17.6. The second kappa shape index (κ2) is 8.19. The second-order valence-corrected chi connectivity index (χ2v) is 6.81. The van der Waals surface area contributed by atoms with E-state index in [2.05, 4.69) is 30.4 Å². The Morgan fingerprint density at radius 2 is 1.80 bits per heavy atom. The number of fused-ring (bicyclic) bond motifs is 1. The van der Waals surface area contributed by atoms with E-state index in [1.54, 1.807) is 0 Å². The fraction of sp³-hybridized carbons (Fsp3) is 0.409. The van der Waals surface area contributed by atoms with Gasteiger partial charge in [0.15, 0.2) is 6.61 Å². The van der Waals surface area contributed by atoms with Crippen LogP contribution in [0.1, 0.15) is 55.0 Å². The minimum atomic E-state index is -0.0928. The molecule has 0 aromatic heterocycles. The summed E-state index contributed by atoms with van der Waals surface area (Å²) >= 11 is 0. The number of nitrogens with one attached hydrogen (secondary N) is 1. The van der Waals surface area contributed by atoms with Crippen molar-refractivity contribution in [2.45, 2.75) is 52.0 Å². The van der Waals surface area contributed by atoms with Crippen LogP contribution in [0.5, 0.6) is 5.75 Å². The molecule has 0 fully saturated rings. The van der Waals surface area contributed by atoms with Gasteiger partial charge < -0.3 is 10.1 Å². The Kier molecular flexibility index (Phi) is 5.75. The minimum Gasteiger partial charge on any atom is -0.484 e. The van der Waals surface area contributed by atoms with Crippen molar-refractivity contribution in [2.75, 3.05) is 6.61 Å². The number of carbonyl (C=O) groups excluding carboxylic acids is 1. The molecule has 0 bridgehead atoms. The van der Waals surface area contributed by atoms with Gasteiger partial charge in [-0.15, -0.1) is 0 Å². The van der Waals surface area contributed by atoms with E-state index in [0.717, 1.165) is 18.6 Å². The van der Waals surface area contributed by atoms with Gasteiger partial charge in [0.25, 0.3) is 5.91 Å². The highest BCUT2D eigenvalue weighted by Crippen LogP contribution is 2.24. The second-order valence-electron chi connectivity index (χ2n) is 6.81. The third-order valence-corrected chi connectivity index (χ3v) is 4.95. The SMILES string of the molecule is CCc1ccc(OCC(=O)N[C@H](C)c2ccc3c(c2)CCCC3)cc1. The van der Waals surface area contributed by atoms with Crippen LogP contribution in [-0.4, -0.2) is 12.5 Å². The molecule has 1 aliphatic carbocycles. The van der Waals surface area contributed by atoms with E-state index in [1.807, 2.05) is 31.2 Å². The van der Waals surface area contributed by atoms with Gasteiger partial charge in [-0.05, 0) is 73.4 Å². The Balaban J connectivity index is 1.53. The summed E-state index contributed by atoms with van der Waals surface area (Å²) in [5.74, 6) is 0.638. The molecule has 0 aliphatic heterocycles. The van der Waals surface area contributed by atoms with E-state index in [0.29, 0.717) is 0 Å². The molecule has 3 heteroatoms. The molecule has 3 rings (SSSR count). The Morgan fingerprint density at radius 3 is 2.52 bits per heavy atom. The van der Waals surface area contributed by atoms with Crippen molar-refractivity contribution >= 4 is 5.91 Å². The molecule has 1 atom stereocenters. The van der Waals surface area contributed by atoms with Crippen molar-refractivity contribution in [1.29, 1.82) is 0 Å². The van der Waals surface area contributed by atoms with Crippen LogP contribution in [0.25, 0.3) is 0 Å². The monoisotopic (exact) mass is 337 g/mol. The zero-order valence-electron chi connectivity index (χ0n) is 15.2. The van der Waals surface area contributed by atoms with Gasteiger partial charge >= 0.3 is 0 Å². The van der Waals surface area contributed by atoms with E-state index in [4.69, 9.17) is 4.74 Å². The first-order valence-electron chi connectivity index (χ1n) is 9.28. The average molecular weight is 337 g/mol. The maximum absolute atomic E-state index is 12.2. The molecule has 1 N–H and O–H groups in total. The Hall–Kier alpha value is -2.29. The summed E-state index contributed by atoms with van der Waals surface area (Å²) in [7, 11) is 0. The lowest BCUT2D eigenvalue weighted by Crippen LogP contribution is -2.31. The largest absolute Gasteiger partial charge is 0.484 e. The van der Waals surface area contributed by atoms with Crippen molar-refractivity contribution in [2.24, 2.45) is 0 Å². The number of rotatable bonds is 6. The van der Waals surface area contributed by atoms with Crippen LogP contribution in [-0.2, 0) is 24.1 Å². The lowest BCUT2D eigenvalue weighted by Gasteiger charge is -2.20. The smallest absolute Gasteiger partial charge is 0.258 e. The lowest BCUT2D eigenvalue weighted by molar-refractivity contribution is -0.123. The molecule has 1 amide bonds. The van der Waals surface area contributed by atoms with E-state index in [9.17, 15) is 4.79 Å². The summed E-state index contributed by atoms with van der Waals surface area (Å²) in [6, 6.07) is 14.5. The van der Waals surface area contributed by atoms with Crippen LogP contribution in [0, 0.1) is 0 Å². The predicted octanol–water partition coefficient (Wildman–Crippen LogP) is 4.38. The molecule has 1 aliphatic rings. The number of amides is 1. The van der Waals surface area contributed by atoms with E-state index in [1.165, 1.54) is 41.5 Å². The summed E-state index contributed by atoms with van der Waals surface area (Å²) in [4.78, 5) is 12.2. The Labute approximate surface area is 150 Å². The lowest BCUT2D eigenvalue weighted by atomic mass is 9.89. The first-order valence-corrected chi connectivity index (χ1v) is 9.28. The Morgan fingerprint density at radius 1 is 1.08 bits per heavy atom. The molecule has 0 radical (unpaired) electrons. The highest BCUT2D eigenvalue weighted by atomic mass is 16.5. The van der Waals surface area contributed by atoms with Crippen molar-refractivity contribution in [3.05, 3.63) is 64.7 Å². The van der Waals surface area contributed by atoms with Gasteiger partial charge in [-0.25, -0.2) is 0 Å². The summed E-state index contributed by atoms with van der Waals surface area (Å²) in [5, 5.41) is 3.03. The van der Waals surface area contributed by atoms with Crippen molar-refractivity contribution < 1.29 is 9.53 Å². The van der Waals surface area contributed by atoms with Gasteiger partial charge in [-0.1, -0.05) is 37.3 Å². The van der Waals surface area contributed by atoms with Gasteiger partial charge in [0.2, 0.25) is 0 Å². The third-order valence-electron chi connectivity index (χ3n) is 4.95. The highest BCUT2D eigenvalue weighted by molar-refractivity contribution is 5.78. The first-order chi connectivity index (χ1) is 12.2. The molecular weight excluding hydrogens is 310 g/mol. The quantitative estimate of drug-likeness (QED) is 0.849. The fourth-order valence-corrected chi connectivity index (χ4v) is 3.36. The summed E-state index contributed by atoms with van der Waals surface area (Å²) in [5.41, 5.74) is 5.34. The van der Waals surface area contributed by atoms with Gasteiger partial charge in [-0.3, -0.25) is 4.79 Å². The molecule has 3 nitrogen and oxygen atoms in total. The van der Waals surface area contributed by atoms with Crippen LogP contribution in [0.4, 0.5) is 0 Å². The average Bonchev–Trinajstić information content (AvgIpc) is 2.66. The van der Waals surface area contributed by atoms with Gasteiger partial charge in [0, 0.05) is 0 Å². The van der Waals surface area contributed by atoms with Crippen LogP contribution in [0.15, 0.2) is 42.5 Å². The normalized spacial score (nSPS) is 14.5. The van der Waals surface area contributed by atoms with Crippen LogP contribution >= 0.6 is 0 Å². The molecule has 2 aromatic rings. The third kappa shape index (κ3) is 4.62. The van der Waals surface area contributed by atoms with E-state index in [-0.39, 0.29) is 18.6 Å². The molecule has 0 spiro atoms. The van der Waals surface area contributed by atoms with E-state index < -0.39 is 0 Å². The summed E-state index contributed by atoms with van der Waals surface area (Å²) in [6.45, 7) is 4.19. The molecular formula is C22H27NO2. The maximum atomic E-state index is 12.2. The standard InChI is InChI=1S/C22H27NO2/c1-3-17-8-12-21(13-9-17)25-15-22(24)23-16(2)19-11-10-18-6-4-5-7-20(18)14-19/h8-14,16H,3-7,15H2,1-2H3,(H,23,24)/t16-/m1/s1. The summed E-state index contributed by atoms with van der Waals surface area (Å²) < 4.78 is 5.58. The van der Waals surface area contributed by atoms with Crippen molar-refractivity contribution in [3.8, 4) is 5.75 Å². The maximum Gasteiger partial charge on any atom is 0.258 e. The van der Waals surface area contributed by atoms with E-state index >= 15 is 0 Å². The molecule has 0 saturated heterocycles. The highest BCUT2D eigenvalue weighted by Gasteiger charge is 2.14. The van der Waals surface area contributed by atoms with Gasteiger partial charge in [-0.2, -0.15) is 0 Å². The van der Waals surface area contributed by atoms with Crippen LogP contribution in [0.2, 0.25) is 0 Å². The fourth-order valence-electron chi connectivity index (χ4n) is 3.36. The van der Waals surface area contributed by atoms with Crippen molar-refractivity contribution in [3.63, 3.8) is 0 Å². The number of hydrogen-bond donors (Lipinski definition) is 1. The molecule has 2 aromatic carbocycles.